The van der Waals surface area contributed by atoms with Crippen molar-refractivity contribution in [1.29, 1.82) is 0 Å². The van der Waals surface area contributed by atoms with Gasteiger partial charge >= 0.3 is 0 Å². The van der Waals surface area contributed by atoms with Gasteiger partial charge in [-0.25, -0.2) is 4.98 Å². The van der Waals surface area contributed by atoms with Crippen LogP contribution in [0.25, 0.3) is 11.3 Å². The normalized spacial score (nSPS) is 18.6. The van der Waals surface area contributed by atoms with E-state index in [1.807, 2.05) is 12.2 Å². The van der Waals surface area contributed by atoms with E-state index in [9.17, 15) is 9.59 Å². The number of imidazole rings is 1. The van der Waals surface area contributed by atoms with Crippen molar-refractivity contribution in [3.63, 3.8) is 0 Å². The lowest BCUT2D eigenvalue weighted by molar-refractivity contribution is -0.116. The molecule has 0 radical (unpaired) electrons. The van der Waals surface area contributed by atoms with Crippen molar-refractivity contribution < 1.29 is 9.59 Å². The largest absolute Gasteiger partial charge is 0.331 e. The van der Waals surface area contributed by atoms with E-state index in [1.54, 1.807) is 18.2 Å². The first-order chi connectivity index (χ1) is 12.4. The van der Waals surface area contributed by atoms with E-state index >= 15 is 0 Å². The fourth-order valence-electron chi connectivity index (χ4n) is 2.76. The molecule has 3 rings (SSSR count). The fourth-order valence-corrected chi connectivity index (χ4v) is 3.00. The van der Waals surface area contributed by atoms with Gasteiger partial charge in [-0.2, -0.15) is 0 Å². The van der Waals surface area contributed by atoms with Gasteiger partial charge in [-0.3, -0.25) is 9.59 Å². The highest BCUT2D eigenvalue weighted by Gasteiger charge is 2.19. The SMILES string of the molecule is CC(=O)Nc1ccc2c(c1)NC(=O)CC/C=C/C[C@H](N)c1nc-2c(Cl)[nH]1. The lowest BCUT2D eigenvalue weighted by Crippen LogP contribution is -2.13. The van der Waals surface area contributed by atoms with Gasteiger partial charge in [0.1, 0.15) is 16.7 Å². The van der Waals surface area contributed by atoms with Gasteiger partial charge in [0, 0.05) is 24.6 Å². The van der Waals surface area contributed by atoms with Crippen LogP contribution in [0, 0.1) is 0 Å². The number of rotatable bonds is 1. The molecule has 5 N–H and O–H groups in total. The van der Waals surface area contributed by atoms with E-state index in [4.69, 9.17) is 17.3 Å². The number of benzene rings is 1. The summed E-state index contributed by atoms with van der Waals surface area (Å²) in [6, 6.07) is 4.87. The highest BCUT2D eigenvalue weighted by Crippen LogP contribution is 2.35. The van der Waals surface area contributed by atoms with Crippen LogP contribution in [0.4, 0.5) is 11.4 Å². The van der Waals surface area contributed by atoms with E-state index in [0.717, 1.165) is 0 Å². The van der Waals surface area contributed by atoms with Crippen molar-refractivity contribution in [3.8, 4) is 11.3 Å². The molecule has 1 aliphatic heterocycles. The summed E-state index contributed by atoms with van der Waals surface area (Å²) in [4.78, 5) is 31.1. The first-order valence-corrected chi connectivity index (χ1v) is 8.69. The van der Waals surface area contributed by atoms with Crippen LogP contribution in [0.15, 0.2) is 30.4 Å². The van der Waals surface area contributed by atoms with E-state index in [-0.39, 0.29) is 17.9 Å². The fraction of sp³-hybridized carbons (Fsp3) is 0.278. The first kappa shape index (κ1) is 18.2. The molecule has 7 nitrogen and oxygen atoms in total. The molecule has 0 fully saturated rings. The summed E-state index contributed by atoms with van der Waals surface area (Å²) in [5.74, 6) is 0.250. The third kappa shape index (κ3) is 4.12. The Morgan fingerprint density at radius 2 is 2.19 bits per heavy atom. The molecule has 1 atom stereocenters. The van der Waals surface area contributed by atoms with Crippen molar-refractivity contribution in [1.82, 2.24) is 9.97 Å². The quantitative estimate of drug-likeness (QED) is 0.574. The Hall–Kier alpha value is -2.64. The Kier molecular flexibility index (Phi) is 5.39. The molecule has 2 heterocycles. The summed E-state index contributed by atoms with van der Waals surface area (Å²) in [6.45, 7) is 1.42. The summed E-state index contributed by atoms with van der Waals surface area (Å²) >= 11 is 6.33. The topological polar surface area (TPSA) is 113 Å². The summed E-state index contributed by atoms with van der Waals surface area (Å²) in [7, 11) is 0. The van der Waals surface area contributed by atoms with Crippen LogP contribution >= 0.6 is 11.6 Å². The zero-order chi connectivity index (χ0) is 18.7. The minimum absolute atomic E-state index is 0.133. The maximum Gasteiger partial charge on any atom is 0.224 e. The number of nitrogens with zero attached hydrogens (tertiary/aromatic N) is 1. The minimum Gasteiger partial charge on any atom is -0.331 e. The van der Waals surface area contributed by atoms with Crippen LogP contribution in [0.2, 0.25) is 5.15 Å². The van der Waals surface area contributed by atoms with Crippen LogP contribution in [0.5, 0.6) is 0 Å². The van der Waals surface area contributed by atoms with Gasteiger partial charge in [-0.15, -0.1) is 0 Å². The average Bonchev–Trinajstić information content (AvgIpc) is 2.95. The number of H-pyrrole nitrogens is 1. The molecular formula is C18H20ClN5O2. The Bertz CT molecular complexity index is 874. The second-order valence-corrected chi connectivity index (χ2v) is 6.50. The zero-order valence-corrected chi connectivity index (χ0v) is 15.1. The summed E-state index contributed by atoms with van der Waals surface area (Å²) in [5.41, 5.74) is 8.42. The van der Waals surface area contributed by atoms with E-state index in [1.165, 1.54) is 6.92 Å². The Labute approximate surface area is 156 Å². The highest BCUT2D eigenvalue weighted by molar-refractivity contribution is 6.32. The molecule has 2 aromatic rings. The Morgan fingerprint density at radius 3 is 2.96 bits per heavy atom. The number of amides is 2. The molecule has 0 spiro atoms. The maximum atomic E-state index is 12.3. The van der Waals surface area contributed by atoms with Crippen molar-refractivity contribution >= 4 is 34.8 Å². The zero-order valence-electron chi connectivity index (χ0n) is 14.3. The van der Waals surface area contributed by atoms with Gasteiger partial charge in [0.2, 0.25) is 11.8 Å². The lowest BCUT2D eigenvalue weighted by Gasteiger charge is -2.12. The van der Waals surface area contributed by atoms with Gasteiger partial charge in [0.25, 0.3) is 0 Å². The van der Waals surface area contributed by atoms with Crippen molar-refractivity contribution in [2.75, 3.05) is 10.6 Å². The number of fused-ring (bicyclic) bond motifs is 4. The van der Waals surface area contributed by atoms with Gasteiger partial charge in [0.15, 0.2) is 0 Å². The van der Waals surface area contributed by atoms with Crippen molar-refractivity contribution in [2.24, 2.45) is 5.73 Å². The van der Waals surface area contributed by atoms with Crippen LogP contribution in [0.3, 0.4) is 0 Å². The number of nitrogens with one attached hydrogen (secondary N) is 3. The predicted octanol–water partition coefficient (Wildman–Crippen LogP) is 3.37. The number of aromatic amines is 1. The second-order valence-electron chi connectivity index (χ2n) is 6.13. The molecular weight excluding hydrogens is 354 g/mol. The summed E-state index contributed by atoms with van der Waals surface area (Å²) in [5, 5.41) is 5.93. The number of aromatic nitrogens is 2. The second kappa shape index (κ2) is 7.72. The predicted molar refractivity (Wildman–Crippen MR) is 102 cm³/mol. The summed E-state index contributed by atoms with van der Waals surface area (Å²) in [6.07, 6.45) is 5.42. The number of halogens is 1. The molecule has 136 valence electrons. The van der Waals surface area contributed by atoms with Gasteiger partial charge in [-0.1, -0.05) is 23.8 Å². The number of allylic oxidation sites excluding steroid dienone is 1. The monoisotopic (exact) mass is 373 g/mol. The average molecular weight is 374 g/mol. The Balaban J connectivity index is 2.09. The molecule has 1 aromatic carbocycles. The number of hydrogen-bond donors (Lipinski definition) is 4. The van der Waals surface area contributed by atoms with E-state index in [2.05, 4.69) is 20.6 Å². The minimum atomic E-state index is -0.316. The molecule has 2 bridgehead atoms. The molecule has 2 amide bonds. The molecule has 1 aliphatic rings. The molecule has 0 saturated carbocycles. The van der Waals surface area contributed by atoms with Gasteiger partial charge in [-0.05, 0) is 31.0 Å². The van der Waals surface area contributed by atoms with E-state index in [0.29, 0.717) is 52.9 Å². The van der Waals surface area contributed by atoms with Crippen molar-refractivity contribution in [2.45, 2.75) is 32.2 Å². The van der Waals surface area contributed by atoms with Gasteiger partial charge in [0.05, 0.1) is 11.7 Å². The number of carbonyl (C=O) groups is 2. The third-order valence-electron chi connectivity index (χ3n) is 3.99. The molecule has 0 unspecified atom stereocenters. The van der Waals surface area contributed by atoms with Crippen LogP contribution < -0.4 is 16.4 Å². The number of carbonyl (C=O) groups excluding carboxylic acids is 2. The molecule has 1 aromatic heterocycles. The first-order valence-electron chi connectivity index (χ1n) is 8.32. The molecule has 0 saturated heterocycles. The molecule has 8 heteroatoms. The number of nitrogens with two attached hydrogens (primary N) is 1. The standard InChI is InChI=1S/C18H20ClN5O2/c1-10(25)21-11-7-8-12-14(9-11)22-15(26)6-4-2-3-5-13(20)18-23-16(12)17(19)24-18/h2-3,7-9,13H,4-6,20H2,1H3,(H,21,25)(H,22,26)(H,23,24)/b3-2+/t13-/m0/s1. The highest BCUT2D eigenvalue weighted by atomic mass is 35.5. The maximum absolute atomic E-state index is 12.3. The van der Waals surface area contributed by atoms with Crippen molar-refractivity contribution in [3.05, 3.63) is 41.3 Å². The Morgan fingerprint density at radius 1 is 1.38 bits per heavy atom. The number of hydrogen-bond acceptors (Lipinski definition) is 4. The van der Waals surface area contributed by atoms with E-state index < -0.39 is 0 Å². The number of anilines is 2. The van der Waals surface area contributed by atoms with Gasteiger partial charge < -0.3 is 21.4 Å². The smallest absolute Gasteiger partial charge is 0.224 e. The van der Waals surface area contributed by atoms with Crippen LogP contribution in [-0.2, 0) is 9.59 Å². The lowest BCUT2D eigenvalue weighted by atomic mass is 10.1. The van der Waals surface area contributed by atoms with Crippen LogP contribution in [-0.4, -0.2) is 21.8 Å². The molecule has 26 heavy (non-hydrogen) atoms. The van der Waals surface area contributed by atoms with Crippen LogP contribution in [0.1, 0.15) is 38.1 Å². The molecule has 0 aliphatic carbocycles. The third-order valence-corrected chi connectivity index (χ3v) is 4.27. The summed E-state index contributed by atoms with van der Waals surface area (Å²) < 4.78 is 0.